The van der Waals surface area contributed by atoms with E-state index < -0.39 is 0 Å². The minimum Gasteiger partial charge on any atom is -0.505 e. The molecule has 0 aliphatic heterocycles. The van der Waals surface area contributed by atoms with Gasteiger partial charge in [-0.05, 0) is 23.8 Å². The van der Waals surface area contributed by atoms with Crippen molar-refractivity contribution in [2.75, 3.05) is 5.32 Å². The summed E-state index contributed by atoms with van der Waals surface area (Å²) in [4.78, 5) is 15.6. The van der Waals surface area contributed by atoms with Gasteiger partial charge in [-0.15, -0.1) is 0 Å². The van der Waals surface area contributed by atoms with Crippen molar-refractivity contribution < 1.29 is 9.90 Å². The van der Waals surface area contributed by atoms with Crippen molar-refractivity contribution in [3.05, 3.63) is 53.9 Å². The SMILES string of the molecule is NCc1ccc(NC(=O)c2ccncc2O)cc1. The van der Waals surface area contributed by atoms with Gasteiger partial charge in [-0.25, -0.2) is 0 Å². The smallest absolute Gasteiger partial charge is 0.259 e. The van der Waals surface area contributed by atoms with Gasteiger partial charge in [0.2, 0.25) is 0 Å². The van der Waals surface area contributed by atoms with Crippen molar-refractivity contribution in [3.8, 4) is 5.75 Å². The molecule has 0 aliphatic rings. The Morgan fingerprint density at radius 1 is 1.28 bits per heavy atom. The van der Waals surface area contributed by atoms with Crippen molar-refractivity contribution in [1.29, 1.82) is 0 Å². The van der Waals surface area contributed by atoms with E-state index in [-0.39, 0.29) is 17.2 Å². The normalized spacial score (nSPS) is 10.1. The lowest BCUT2D eigenvalue weighted by Gasteiger charge is -2.06. The van der Waals surface area contributed by atoms with Gasteiger partial charge in [0.05, 0.1) is 11.8 Å². The van der Waals surface area contributed by atoms with E-state index in [0.717, 1.165) is 5.56 Å². The zero-order valence-corrected chi connectivity index (χ0v) is 9.63. The second-order valence-corrected chi connectivity index (χ2v) is 3.75. The van der Waals surface area contributed by atoms with Crippen molar-refractivity contribution in [1.82, 2.24) is 4.98 Å². The fourth-order valence-electron chi connectivity index (χ4n) is 1.50. The minimum absolute atomic E-state index is 0.145. The van der Waals surface area contributed by atoms with Crippen LogP contribution in [0.15, 0.2) is 42.7 Å². The maximum Gasteiger partial charge on any atom is 0.259 e. The van der Waals surface area contributed by atoms with Crippen LogP contribution in [0.1, 0.15) is 15.9 Å². The number of anilines is 1. The molecule has 1 aromatic heterocycles. The van der Waals surface area contributed by atoms with Crippen LogP contribution in [0.4, 0.5) is 5.69 Å². The van der Waals surface area contributed by atoms with Crippen LogP contribution in [0.2, 0.25) is 0 Å². The van der Waals surface area contributed by atoms with E-state index in [9.17, 15) is 9.90 Å². The molecule has 1 heterocycles. The molecular weight excluding hydrogens is 230 g/mol. The largest absolute Gasteiger partial charge is 0.505 e. The lowest BCUT2D eigenvalue weighted by Crippen LogP contribution is -2.12. The lowest BCUT2D eigenvalue weighted by atomic mass is 10.2. The van der Waals surface area contributed by atoms with E-state index in [1.165, 1.54) is 18.5 Å². The molecule has 92 valence electrons. The van der Waals surface area contributed by atoms with Gasteiger partial charge in [0, 0.05) is 18.4 Å². The second-order valence-electron chi connectivity index (χ2n) is 3.75. The molecule has 2 rings (SSSR count). The number of aromatic hydroxyl groups is 1. The number of nitrogens with one attached hydrogen (secondary N) is 1. The third-order valence-corrected chi connectivity index (χ3v) is 2.49. The first-order valence-corrected chi connectivity index (χ1v) is 5.44. The number of nitrogens with zero attached hydrogens (tertiary/aromatic N) is 1. The first-order chi connectivity index (χ1) is 8.70. The number of nitrogens with two attached hydrogens (primary N) is 1. The van der Waals surface area contributed by atoms with Crippen molar-refractivity contribution in [2.45, 2.75) is 6.54 Å². The highest BCUT2D eigenvalue weighted by Crippen LogP contribution is 2.16. The van der Waals surface area contributed by atoms with Gasteiger partial charge in [0.15, 0.2) is 0 Å². The number of amides is 1. The van der Waals surface area contributed by atoms with Gasteiger partial charge < -0.3 is 16.2 Å². The van der Waals surface area contributed by atoms with Crippen LogP contribution in [0.25, 0.3) is 0 Å². The fraction of sp³-hybridized carbons (Fsp3) is 0.0769. The Morgan fingerprint density at radius 2 is 2.00 bits per heavy atom. The minimum atomic E-state index is -0.379. The highest BCUT2D eigenvalue weighted by Gasteiger charge is 2.10. The van der Waals surface area contributed by atoms with E-state index in [2.05, 4.69) is 10.3 Å². The average Bonchev–Trinajstić information content (AvgIpc) is 2.40. The van der Waals surface area contributed by atoms with Gasteiger partial charge in [0.1, 0.15) is 5.75 Å². The Bertz CT molecular complexity index is 552. The van der Waals surface area contributed by atoms with Gasteiger partial charge >= 0.3 is 0 Å². The molecule has 5 nitrogen and oxygen atoms in total. The van der Waals surface area contributed by atoms with Gasteiger partial charge in [-0.2, -0.15) is 0 Å². The highest BCUT2D eigenvalue weighted by molar-refractivity contribution is 6.05. The molecule has 1 aromatic carbocycles. The quantitative estimate of drug-likeness (QED) is 0.762. The standard InChI is InChI=1S/C13H13N3O2/c14-7-9-1-3-10(4-2-9)16-13(18)11-5-6-15-8-12(11)17/h1-6,8,17H,7,14H2,(H,16,18). The van der Waals surface area contributed by atoms with E-state index >= 15 is 0 Å². The molecule has 0 spiro atoms. The van der Waals surface area contributed by atoms with Crippen LogP contribution >= 0.6 is 0 Å². The van der Waals surface area contributed by atoms with Crippen LogP contribution in [-0.4, -0.2) is 16.0 Å². The van der Waals surface area contributed by atoms with Gasteiger partial charge in [-0.3, -0.25) is 9.78 Å². The van der Waals surface area contributed by atoms with E-state index in [4.69, 9.17) is 5.73 Å². The van der Waals surface area contributed by atoms with E-state index in [0.29, 0.717) is 12.2 Å². The number of carbonyl (C=O) groups excluding carboxylic acids is 1. The maximum absolute atomic E-state index is 11.9. The summed E-state index contributed by atoms with van der Waals surface area (Å²) in [5.41, 5.74) is 7.31. The molecular formula is C13H13N3O2. The molecule has 0 aliphatic carbocycles. The number of carbonyl (C=O) groups is 1. The van der Waals surface area contributed by atoms with Crippen molar-refractivity contribution in [3.63, 3.8) is 0 Å². The molecule has 18 heavy (non-hydrogen) atoms. The first kappa shape index (κ1) is 12.1. The number of pyridine rings is 1. The Kier molecular flexibility index (Phi) is 3.54. The third kappa shape index (κ3) is 2.64. The molecule has 0 atom stereocenters. The number of hydrogen-bond donors (Lipinski definition) is 3. The molecule has 1 amide bonds. The Balaban J connectivity index is 2.14. The van der Waals surface area contributed by atoms with Crippen molar-refractivity contribution >= 4 is 11.6 Å². The van der Waals surface area contributed by atoms with Crippen LogP contribution in [0.3, 0.4) is 0 Å². The molecule has 0 radical (unpaired) electrons. The van der Waals surface area contributed by atoms with Gasteiger partial charge in [-0.1, -0.05) is 12.1 Å². The Morgan fingerprint density at radius 3 is 2.61 bits per heavy atom. The molecule has 4 N–H and O–H groups in total. The zero-order chi connectivity index (χ0) is 13.0. The molecule has 0 fully saturated rings. The topological polar surface area (TPSA) is 88.2 Å². The predicted octanol–water partition coefficient (Wildman–Crippen LogP) is 1.50. The molecule has 5 heteroatoms. The first-order valence-electron chi connectivity index (χ1n) is 5.44. The molecule has 0 bridgehead atoms. The van der Waals surface area contributed by atoms with Crippen molar-refractivity contribution in [2.24, 2.45) is 5.73 Å². The second kappa shape index (κ2) is 5.29. The fourth-order valence-corrected chi connectivity index (χ4v) is 1.50. The summed E-state index contributed by atoms with van der Waals surface area (Å²) >= 11 is 0. The Labute approximate surface area is 104 Å². The van der Waals surface area contributed by atoms with Crippen LogP contribution in [0.5, 0.6) is 5.75 Å². The van der Waals surface area contributed by atoms with Crippen LogP contribution in [0, 0.1) is 0 Å². The predicted molar refractivity (Wildman–Crippen MR) is 68.2 cm³/mol. The molecule has 0 saturated carbocycles. The summed E-state index contributed by atoms with van der Waals surface area (Å²) in [6.07, 6.45) is 2.68. The summed E-state index contributed by atoms with van der Waals surface area (Å²) in [6.45, 7) is 0.458. The molecule has 0 unspecified atom stereocenters. The average molecular weight is 243 g/mol. The Hall–Kier alpha value is -2.40. The summed E-state index contributed by atoms with van der Waals surface area (Å²) in [7, 11) is 0. The van der Waals surface area contributed by atoms with Crippen LogP contribution in [-0.2, 0) is 6.54 Å². The number of benzene rings is 1. The molecule has 2 aromatic rings. The van der Waals surface area contributed by atoms with Gasteiger partial charge in [0.25, 0.3) is 5.91 Å². The summed E-state index contributed by atoms with van der Waals surface area (Å²) in [5.74, 6) is -0.524. The number of hydrogen-bond acceptors (Lipinski definition) is 4. The number of aromatic nitrogens is 1. The zero-order valence-electron chi connectivity index (χ0n) is 9.63. The van der Waals surface area contributed by atoms with Crippen LogP contribution < -0.4 is 11.1 Å². The van der Waals surface area contributed by atoms with E-state index in [1.54, 1.807) is 12.1 Å². The third-order valence-electron chi connectivity index (χ3n) is 2.49. The summed E-state index contributed by atoms with van der Waals surface area (Å²) in [5, 5.41) is 12.2. The lowest BCUT2D eigenvalue weighted by molar-refractivity contribution is 0.102. The molecule has 0 saturated heterocycles. The maximum atomic E-state index is 11.9. The van der Waals surface area contributed by atoms with E-state index in [1.807, 2.05) is 12.1 Å². The highest BCUT2D eigenvalue weighted by atomic mass is 16.3. The monoisotopic (exact) mass is 243 g/mol. The summed E-state index contributed by atoms with van der Waals surface area (Å²) < 4.78 is 0. The number of rotatable bonds is 3. The summed E-state index contributed by atoms with van der Waals surface area (Å²) in [6, 6.07) is 8.65.